The Hall–Kier alpha value is -2.37. The summed E-state index contributed by atoms with van der Waals surface area (Å²) in [5.74, 6) is 1.05. The Morgan fingerprint density at radius 3 is 2.50 bits per heavy atom. The molecule has 1 aromatic heterocycles. The fraction of sp³-hybridized carbons (Fsp3) is 0.435. The summed E-state index contributed by atoms with van der Waals surface area (Å²) in [5.41, 5.74) is 3.34. The van der Waals surface area contributed by atoms with Crippen LogP contribution in [0, 0.1) is 12.8 Å². The Kier molecular flexibility index (Phi) is 7.06. The highest BCUT2D eigenvalue weighted by Gasteiger charge is 2.25. The Labute approximate surface area is 167 Å². The molecule has 28 heavy (non-hydrogen) atoms. The summed E-state index contributed by atoms with van der Waals surface area (Å²) in [7, 11) is 0. The first kappa shape index (κ1) is 20.4. The fourth-order valence-corrected chi connectivity index (χ4v) is 3.50. The minimum atomic E-state index is -0.0749. The average molecular weight is 383 g/mol. The molecule has 1 unspecified atom stereocenters. The van der Waals surface area contributed by atoms with Gasteiger partial charge in [-0.05, 0) is 36.1 Å². The Morgan fingerprint density at radius 1 is 1.18 bits per heavy atom. The van der Waals surface area contributed by atoms with Gasteiger partial charge >= 0.3 is 0 Å². The van der Waals surface area contributed by atoms with Gasteiger partial charge in [-0.2, -0.15) is 0 Å². The number of nitrogens with zero attached hydrogens (tertiary/aromatic N) is 1. The molecule has 0 radical (unpaired) electrons. The highest BCUT2D eigenvalue weighted by Crippen LogP contribution is 2.24. The first-order chi connectivity index (χ1) is 13.5. The molecule has 150 valence electrons. The van der Waals surface area contributed by atoms with Gasteiger partial charge in [-0.3, -0.25) is 9.69 Å². The first-order valence-corrected chi connectivity index (χ1v) is 9.96. The highest BCUT2D eigenvalue weighted by molar-refractivity contribution is 5.95. The van der Waals surface area contributed by atoms with Gasteiger partial charge in [-0.25, -0.2) is 0 Å². The number of rotatable bonds is 7. The van der Waals surface area contributed by atoms with E-state index in [1.54, 1.807) is 12.3 Å². The van der Waals surface area contributed by atoms with Gasteiger partial charge in [0.1, 0.15) is 5.76 Å². The van der Waals surface area contributed by atoms with Crippen molar-refractivity contribution < 1.29 is 13.9 Å². The maximum absolute atomic E-state index is 12.7. The van der Waals surface area contributed by atoms with Crippen LogP contribution in [0.1, 0.15) is 36.8 Å². The van der Waals surface area contributed by atoms with Crippen molar-refractivity contribution in [2.24, 2.45) is 5.92 Å². The monoisotopic (exact) mass is 382 g/mol. The highest BCUT2D eigenvalue weighted by atomic mass is 16.5. The van der Waals surface area contributed by atoms with Gasteiger partial charge in [-0.15, -0.1) is 0 Å². The number of furan rings is 1. The number of hydrogen-bond donors (Lipinski definition) is 1. The molecule has 0 bridgehead atoms. The zero-order chi connectivity index (χ0) is 19.9. The number of carbonyl (C=O) groups is 1. The van der Waals surface area contributed by atoms with Crippen LogP contribution in [-0.4, -0.2) is 43.7 Å². The van der Waals surface area contributed by atoms with Crippen molar-refractivity contribution in [2.45, 2.75) is 26.8 Å². The van der Waals surface area contributed by atoms with Crippen LogP contribution in [0.4, 0.5) is 0 Å². The van der Waals surface area contributed by atoms with Gasteiger partial charge in [0.2, 0.25) is 5.91 Å². The topological polar surface area (TPSA) is 54.7 Å². The zero-order valence-corrected chi connectivity index (χ0v) is 17.0. The second-order valence-corrected chi connectivity index (χ2v) is 7.55. The van der Waals surface area contributed by atoms with Crippen LogP contribution >= 0.6 is 0 Å². The maximum Gasteiger partial charge on any atom is 0.244 e. The van der Waals surface area contributed by atoms with E-state index in [0.717, 1.165) is 30.0 Å². The van der Waals surface area contributed by atoms with E-state index in [2.05, 4.69) is 55.3 Å². The van der Waals surface area contributed by atoms with Crippen LogP contribution in [0.2, 0.25) is 0 Å². The summed E-state index contributed by atoms with van der Waals surface area (Å²) in [5, 5.41) is 3.08. The van der Waals surface area contributed by atoms with Gasteiger partial charge in [0.15, 0.2) is 0 Å². The first-order valence-electron chi connectivity index (χ1n) is 9.96. The lowest BCUT2D eigenvalue weighted by Crippen LogP contribution is -2.43. The number of morpholine rings is 1. The molecule has 1 aliphatic rings. The van der Waals surface area contributed by atoms with Crippen LogP contribution in [0.3, 0.4) is 0 Å². The number of aryl methyl sites for hydroxylation is 1. The van der Waals surface area contributed by atoms with E-state index in [4.69, 9.17) is 9.15 Å². The lowest BCUT2D eigenvalue weighted by molar-refractivity contribution is -0.116. The van der Waals surface area contributed by atoms with Gasteiger partial charge in [0.05, 0.1) is 25.5 Å². The van der Waals surface area contributed by atoms with Gasteiger partial charge < -0.3 is 14.5 Å². The summed E-state index contributed by atoms with van der Waals surface area (Å²) in [6, 6.07) is 12.2. The van der Waals surface area contributed by atoms with Crippen molar-refractivity contribution in [3.8, 4) is 0 Å². The van der Waals surface area contributed by atoms with E-state index >= 15 is 0 Å². The normalized spacial score (nSPS) is 16.9. The number of hydrogen-bond acceptors (Lipinski definition) is 4. The summed E-state index contributed by atoms with van der Waals surface area (Å²) >= 11 is 0. The molecule has 5 heteroatoms. The van der Waals surface area contributed by atoms with E-state index in [1.165, 1.54) is 5.56 Å². The molecule has 2 aromatic rings. The van der Waals surface area contributed by atoms with E-state index in [0.29, 0.717) is 19.8 Å². The summed E-state index contributed by atoms with van der Waals surface area (Å²) in [4.78, 5) is 15.0. The fourth-order valence-electron chi connectivity index (χ4n) is 3.50. The molecule has 0 spiro atoms. The standard InChI is InChI=1S/C23H30N2O3/c1-17(2)20(19-8-6-18(3)7-9-19)15-23(26)24-16-21(22-5-4-12-28-22)25-10-13-27-14-11-25/h4-9,12,15,17,21H,10-11,13-14,16H2,1-3H3,(H,24,26)/b20-15+. The van der Waals surface area contributed by atoms with E-state index < -0.39 is 0 Å². The summed E-state index contributed by atoms with van der Waals surface area (Å²) in [6.07, 6.45) is 3.41. The molecule has 1 aromatic carbocycles. The number of amides is 1. The second kappa shape index (κ2) is 9.71. The average Bonchev–Trinajstić information content (AvgIpc) is 3.22. The Bertz CT molecular complexity index is 773. The lowest BCUT2D eigenvalue weighted by Gasteiger charge is -2.33. The van der Waals surface area contributed by atoms with Crippen molar-refractivity contribution in [2.75, 3.05) is 32.8 Å². The third kappa shape index (κ3) is 5.33. The van der Waals surface area contributed by atoms with Crippen LogP contribution in [0.15, 0.2) is 53.2 Å². The largest absolute Gasteiger partial charge is 0.468 e. The maximum atomic E-state index is 12.7. The molecule has 3 rings (SSSR count). The van der Waals surface area contributed by atoms with E-state index in [9.17, 15) is 4.79 Å². The molecule has 0 saturated carbocycles. The molecule has 1 aliphatic heterocycles. The minimum absolute atomic E-state index is 0.0122. The molecule has 1 saturated heterocycles. The zero-order valence-electron chi connectivity index (χ0n) is 17.0. The van der Waals surface area contributed by atoms with Crippen molar-refractivity contribution >= 4 is 11.5 Å². The quantitative estimate of drug-likeness (QED) is 0.740. The van der Waals surface area contributed by atoms with Crippen molar-refractivity contribution in [1.29, 1.82) is 0 Å². The lowest BCUT2D eigenvalue weighted by atomic mass is 9.94. The summed E-state index contributed by atoms with van der Waals surface area (Å²) < 4.78 is 11.1. The van der Waals surface area contributed by atoms with E-state index in [1.807, 2.05) is 12.1 Å². The molecule has 1 fully saturated rings. The van der Waals surface area contributed by atoms with Gasteiger partial charge in [0.25, 0.3) is 0 Å². The Morgan fingerprint density at radius 2 is 1.89 bits per heavy atom. The smallest absolute Gasteiger partial charge is 0.244 e. The molecule has 0 aliphatic carbocycles. The SMILES string of the molecule is Cc1ccc(/C(=C/C(=O)NCC(c2ccco2)N2CCOCC2)C(C)C)cc1. The predicted molar refractivity (Wildman–Crippen MR) is 111 cm³/mol. The van der Waals surface area contributed by atoms with Crippen LogP contribution < -0.4 is 5.32 Å². The molecular formula is C23H30N2O3. The van der Waals surface area contributed by atoms with Crippen LogP contribution in [0.25, 0.3) is 5.57 Å². The molecule has 2 heterocycles. The Balaban J connectivity index is 1.70. The second-order valence-electron chi connectivity index (χ2n) is 7.55. The predicted octanol–water partition coefficient (Wildman–Crippen LogP) is 3.82. The summed E-state index contributed by atoms with van der Waals surface area (Å²) in [6.45, 7) is 9.86. The number of nitrogens with one attached hydrogen (secondary N) is 1. The molecule has 5 nitrogen and oxygen atoms in total. The van der Waals surface area contributed by atoms with Gasteiger partial charge in [-0.1, -0.05) is 43.7 Å². The third-order valence-electron chi connectivity index (χ3n) is 5.12. The number of ether oxygens (including phenoxy) is 1. The molecular weight excluding hydrogens is 352 g/mol. The van der Waals surface area contributed by atoms with Crippen molar-refractivity contribution in [3.05, 3.63) is 65.6 Å². The number of benzene rings is 1. The van der Waals surface area contributed by atoms with Crippen LogP contribution in [-0.2, 0) is 9.53 Å². The van der Waals surface area contributed by atoms with Crippen LogP contribution in [0.5, 0.6) is 0 Å². The minimum Gasteiger partial charge on any atom is -0.468 e. The van der Waals surface area contributed by atoms with E-state index in [-0.39, 0.29) is 17.9 Å². The molecule has 1 atom stereocenters. The number of allylic oxidation sites excluding steroid dienone is 1. The van der Waals surface area contributed by atoms with Gasteiger partial charge in [0, 0.05) is 25.7 Å². The molecule has 1 N–H and O–H groups in total. The third-order valence-corrected chi connectivity index (χ3v) is 5.12. The van der Waals surface area contributed by atoms with Crippen molar-refractivity contribution in [3.63, 3.8) is 0 Å². The number of carbonyl (C=O) groups excluding carboxylic acids is 1. The van der Waals surface area contributed by atoms with Crippen molar-refractivity contribution in [1.82, 2.24) is 10.2 Å². The molecule has 1 amide bonds.